The summed E-state index contributed by atoms with van der Waals surface area (Å²) in [5.41, 5.74) is 3.75. The SMILES string of the molecule is CCNC(=O)Oc1cc(OC(=O)NCC)c(C(C)C)cc1-c1[nH][nH]c(=S)c1-c1cccc2ccccc12. The number of aromatic nitrogens is 2. The first kappa shape index (κ1) is 26.0. The average molecular weight is 519 g/mol. The third-order valence-corrected chi connectivity index (χ3v) is 6.19. The maximum Gasteiger partial charge on any atom is 0.412 e. The van der Waals surface area contributed by atoms with Crippen LogP contribution in [0.15, 0.2) is 54.6 Å². The Morgan fingerprint density at radius 3 is 2.19 bits per heavy atom. The van der Waals surface area contributed by atoms with Gasteiger partial charge in [0.05, 0.1) is 5.69 Å². The van der Waals surface area contributed by atoms with E-state index >= 15 is 0 Å². The molecule has 0 bridgehead atoms. The van der Waals surface area contributed by atoms with Gasteiger partial charge in [-0.1, -0.05) is 68.5 Å². The molecule has 0 saturated heterocycles. The Morgan fingerprint density at radius 2 is 1.51 bits per heavy atom. The minimum absolute atomic E-state index is 0.00427. The molecule has 8 nitrogen and oxygen atoms in total. The van der Waals surface area contributed by atoms with Crippen LogP contribution in [0.4, 0.5) is 9.59 Å². The van der Waals surface area contributed by atoms with Crippen LogP contribution in [0.1, 0.15) is 39.2 Å². The number of ether oxygens (including phenoxy) is 2. The number of amides is 2. The number of hydrogen-bond acceptors (Lipinski definition) is 5. The number of rotatable bonds is 7. The van der Waals surface area contributed by atoms with Crippen molar-refractivity contribution in [1.82, 2.24) is 20.8 Å². The van der Waals surface area contributed by atoms with E-state index < -0.39 is 12.2 Å². The summed E-state index contributed by atoms with van der Waals surface area (Å²) < 4.78 is 11.8. The summed E-state index contributed by atoms with van der Waals surface area (Å²) >= 11 is 5.70. The van der Waals surface area contributed by atoms with Crippen molar-refractivity contribution in [2.75, 3.05) is 13.1 Å². The van der Waals surface area contributed by atoms with E-state index in [-0.39, 0.29) is 11.7 Å². The minimum atomic E-state index is -0.620. The summed E-state index contributed by atoms with van der Waals surface area (Å²) in [6.45, 7) is 8.42. The molecule has 0 saturated carbocycles. The molecule has 0 unspecified atom stereocenters. The lowest BCUT2D eigenvalue weighted by molar-refractivity contribution is 0.199. The van der Waals surface area contributed by atoms with E-state index in [1.54, 1.807) is 19.9 Å². The third-order valence-electron chi connectivity index (χ3n) is 5.89. The van der Waals surface area contributed by atoms with Crippen LogP contribution in [0.2, 0.25) is 0 Å². The Morgan fingerprint density at radius 1 is 0.865 bits per heavy atom. The number of aromatic amines is 2. The zero-order valence-electron chi connectivity index (χ0n) is 21.2. The molecule has 1 heterocycles. The summed E-state index contributed by atoms with van der Waals surface area (Å²) in [6, 6.07) is 17.6. The summed E-state index contributed by atoms with van der Waals surface area (Å²) in [4.78, 5) is 24.8. The van der Waals surface area contributed by atoms with Crippen molar-refractivity contribution in [2.24, 2.45) is 0 Å². The summed E-state index contributed by atoms with van der Waals surface area (Å²) in [6.07, 6.45) is -1.20. The lowest BCUT2D eigenvalue weighted by Gasteiger charge is -2.18. The maximum absolute atomic E-state index is 12.5. The van der Waals surface area contributed by atoms with Gasteiger partial charge in [0.2, 0.25) is 0 Å². The lowest BCUT2D eigenvalue weighted by atomic mass is 9.93. The zero-order chi connectivity index (χ0) is 26.5. The van der Waals surface area contributed by atoms with Gasteiger partial charge in [-0.3, -0.25) is 10.2 Å². The molecular weight excluding hydrogens is 488 g/mol. The first-order valence-corrected chi connectivity index (χ1v) is 12.6. The third kappa shape index (κ3) is 5.51. The van der Waals surface area contributed by atoms with E-state index in [0.717, 1.165) is 27.5 Å². The number of benzene rings is 3. The molecule has 192 valence electrons. The molecule has 0 aliphatic carbocycles. The number of fused-ring (bicyclic) bond motifs is 1. The average Bonchev–Trinajstić information content (AvgIpc) is 3.24. The molecule has 3 aromatic carbocycles. The van der Waals surface area contributed by atoms with Crippen LogP contribution < -0.4 is 20.1 Å². The van der Waals surface area contributed by atoms with E-state index in [9.17, 15) is 9.59 Å². The molecule has 0 spiro atoms. The smallest absolute Gasteiger partial charge is 0.410 e. The van der Waals surface area contributed by atoms with Crippen LogP contribution in [0.3, 0.4) is 0 Å². The molecular formula is C28H30N4O4S. The Hall–Kier alpha value is -4.11. The standard InChI is InChI=1S/C28H30N4O4S/c1-5-29-27(33)35-22-15-23(36-28(34)30-6-2)21(14-20(22)16(3)4)25-24(26(37)32-31-25)19-13-9-11-17-10-7-8-12-18(17)19/h7-16H,5-6H2,1-4H3,(H,29,33)(H,30,34)(H2,31,32,37). The van der Waals surface area contributed by atoms with Crippen molar-refractivity contribution in [3.8, 4) is 33.9 Å². The van der Waals surface area contributed by atoms with Crippen LogP contribution in [0, 0.1) is 4.64 Å². The summed E-state index contributed by atoms with van der Waals surface area (Å²) in [5, 5.41) is 13.6. The second-order valence-corrected chi connectivity index (χ2v) is 9.14. The second kappa shape index (κ2) is 11.3. The van der Waals surface area contributed by atoms with Crippen LogP contribution in [0.25, 0.3) is 33.2 Å². The van der Waals surface area contributed by atoms with Crippen molar-refractivity contribution in [3.63, 3.8) is 0 Å². The molecule has 0 fully saturated rings. The highest BCUT2D eigenvalue weighted by atomic mass is 32.1. The van der Waals surface area contributed by atoms with E-state index in [0.29, 0.717) is 34.7 Å². The van der Waals surface area contributed by atoms with Gasteiger partial charge in [-0.2, -0.15) is 0 Å². The maximum atomic E-state index is 12.5. The Balaban J connectivity index is 1.96. The van der Waals surface area contributed by atoms with Crippen molar-refractivity contribution in [2.45, 2.75) is 33.6 Å². The van der Waals surface area contributed by atoms with Gasteiger partial charge in [-0.25, -0.2) is 9.59 Å². The van der Waals surface area contributed by atoms with Crippen molar-refractivity contribution < 1.29 is 19.1 Å². The molecule has 0 aliphatic rings. The largest absolute Gasteiger partial charge is 0.412 e. The second-order valence-electron chi connectivity index (χ2n) is 8.74. The fourth-order valence-corrected chi connectivity index (χ4v) is 4.48. The predicted molar refractivity (Wildman–Crippen MR) is 148 cm³/mol. The normalized spacial score (nSPS) is 10.9. The highest BCUT2D eigenvalue weighted by Gasteiger charge is 2.23. The predicted octanol–water partition coefficient (Wildman–Crippen LogP) is 6.90. The van der Waals surface area contributed by atoms with E-state index in [2.05, 4.69) is 20.8 Å². The van der Waals surface area contributed by atoms with Gasteiger partial charge in [0, 0.05) is 30.3 Å². The molecule has 9 heteroatoms. The fourth-order valence-electron chi connectivity index (χ4n) is 4.22. The molecule has 4 N–H and O–H groups in total. The first-order valence-electron chi connectivity index (χ1n) is 12.2. The number of nitrogens with one attached hydrogen (secondary N) is 4. The van der Waals surface area contributed by atoms with Crippen LogP contribution in [0.5, 0.6) is 11.5 Å². The molecule has 0 radical (unpaired) electrons. The molecule has 0 atom stereocenters. The lowest BCUT2D eigenvalue weighted by Crippen LogP contribution is -2.27. The van der Waals surface area contributed by atoms with Crippen molar-refractivity contribution >= 4 is 35.2 Å². The molecule has 4 rings (SSSR count). The van der Waals surface area contributed by atoms with Gasteiger partial charge in [0.25, 0.3) is 0 Å². The fraction of sp³-hybridized carbons (Fsp3) is 0.250. The van der Waals surface area contributed by atoms with Crippen LogP contribution in [-0.2, 0) is 0 Å². The number of carbonyl (C=O) groups is 2. The van der Waals surface area contributed by atoms with Gasteiger partial charge in [0.1, 0.15) is 16.1 Å². The molecule has 0 aliphatic heterocycles. The Kier molecular flexibility index (Phi) is 7.93. The van der Waals surface area contributed by atoms with Crippen molar-refractivity contribution in [3.05, 3.63) is 64.8 Å². The van der Waals surface area contributed by atoms with E-state index in [1.165, 1.54) is 0 Å². The molecule has 4 aromatic rings. The Bertz CT molecular complexity index is 1500. The summed E-state index contributed by atoms with van der Waals surface area (Å²) in [5.74, 6) is 0.538. The van der Waals surface area contributed by atoms with Crippen molar-refractivity contribution in [1.29, 1.82) is 0 Å². The van der Waals surface area contributed by atoms with E-state index in [1.807, 2.05) is 62.4 Å². The minimum Gasteiger partial charge on any atom is -0.410 e. The Labute approximate surface area is 220 Å². The topological polar surface area (TPSA) is 108 Å². The highest BCUT2D eigenvalue weighted by molar-refractivity contribution is 7.71. The summed E-state index contributed by atoms with van der Waals surface area (Å²) in [7, 11) is 0. The van der Waals surface area contributed by atoms with Gasteiger partial charge >= 0.3 is 12.2 Å². The monoisotopic (exact) mass is 518 g/mol. The molecule has 37 heavy (non-hydrogen) atoms. The highest BCUT2D eigenvalue weighted by Crippen LogP contribution is 2.43. The number of carbonyl (C=O) groups excluding carboxylic acids is 2. The van der Waals surface area contributed by atoms with Gasteiger partial charge in [0.15, 0.2) is 0 Å². The van der Waals surface area contributed by atoms with Crippen LogP contribution in [-0.4, -0.2) is 35.5 Å². The first-order chi connectivity index (χ1) is 17.8. The molecule has 1 aromatic heterocycles. The van der Waals surface area contributed by atoms with Gasteiger partial charge in [-0.15, -0.1) is 0 Å². The quantitative estimate of drug-likeness (QED) is 0.199. The number of hydrogen-bond donors (Lipinski definition) is 4. The van der Waals surface area contributed by atoms with Gasteiger partial charge in [-0.05, 0) is 47.7 Å². The van der Waals surface area contributed by atoms with Crippen LogP contribution >= 0.6 is 12.2 Å². The van der Waals surface area contributed by atoms with Gasteiger partial charge < -0.3 is 20.1 Å². The van der Waals surface area contributed by atoms with E-state index in [4.69, 9.17) is 21.7 Å². The zero-order valence-corrected chi connectivity index (χ0v) is 22.0. The molecule has 2 amide bonds. The number of H-pyrrole nitrogens is 2.